The number of aryl methyl sites for hydroxylation is 1. The Kier molecular flexibility index (Phi) is 3.63. The number of carbonyl (C=O) groups excluding carboxylic acids is 2. The summed E-state index contributed by atoms with van der Waals surface area (Å²) in [5.74, 6) is -1.29. The molecule has 1 aliphatic heterocycles. The van der Waals surface area contributed by atoms with Gasteiger partial charge in [0, 0.05) is 12.1 Å². The second-order valence-electron chi connectivity index (χ2n) is 5.20. The van der Waals surface area contributed by atoms with E-state index in [1.165, 1.54) is 18.2 Å². The van der Waals surface area contributed by atoms with Crippen molar-refractivity contribution in [1.82, 2.24) is 0 Å². The van der Waals surface area contributed by atoms with Crippen molar-refractivity contribution in [3.05, 3.63) is 65.0 Å². The van der Waals surface area contributed by atoms with E-state index in [1.54, 1.807) is 25.1 Å². The highest BCUT2D eigenvalue weighted by atomic mass is 19.1. The van der Waals surface area contributed by atoms with Crippen LogP contribution in [0, 0.1) is 12.7 Å². The highest BCUT2D eigenvalue weighted by Crippen LogP contribution is 2.22. The molecule has 1 atom stereocenters. The summed E-state index contributed by atoms with van der Waals surface area (Å²) in [5, 5.41) is 2.68. The first-order valence-electron chi connectivity index (χ1n) is 6.90. The van der Waals surface area contributed by atoms with Gasteiger partial charge in [-0.05, 0) is 42.3 Å². The summed E-state index contributed by atoms with van der Waals surface area (Å²) in [5.41, 5.74) is 2.39. The summed E-state index contributed by atoms with van der Waals surface area (Å²) in [4.78, 5) is 24.2. The van der Waals surface area contributed by atoms with Crippen molar-refractivity contribution < 1.29 is 18.7 Å². The van der Waals surface area contributed by atoms with E-state index in [9.17, 15) is 14.0 Å². The van der Waals surface area contributed by atoms with E-state index in [-0.39, 0.29) is 5.82 Å². The zero-order valence-corrected chi connectivity index (χ0v) is 11.9. The molecule has 1 aliphatic rings. The molecule has 0 saturated heterocycles. The number of benzene rings is 2. The smallest absolute Gasteiger partial charge is 0.339 e. The number of cyclic esters (lactones) is 1. The molecule has 112 valence electrons. The lowest BCUT2D eigenvalue weighted by Crippen LogP contribution is -2.38. The van der Waals surface area contributed by atoms with Crippen molar-refractivity contribution in [2.75, 3.05) is 5.32 Å². The first-order valence-corrected chi connectivity index (χ1v) is 6.90. The number of ether oxygens (including phenoxy) is 1. The van der Waals surface area contributed by atoms with Crippen LogP contribution in [0.4, 0.5) is 10.1 Å². The highest BCUT2D eigenvalue weighted by molar-refractivity contribution is 6.00. The summed E-state index contributed by atoms with van der Waals surface area (Å²) >= 11 is 0. The maximum absolute atomic E-state index is 13.1. The van der Waals surface area contributed by atoms with Crippen molar-refractivity contribution in [2.24, 2.45) is 0 Å². The molecule has 22 heavy (non-hydrogen) atoms. The summed E-state index contributed by atoms with van der Waals surface area (Å²) < 4.78 is 18.3. The molecule has 0 unspecified atom stereocenters. The molecule has 4 nitrogen and oxygen atoms in total. The Hall–Kier alpha value is -2.69. The second kappa shape index (κ2) is 5.60. The Balaban J connectivity index is 1.78. The van der Waals surface area contributed by atoms with Crippen LogP contribution in [0.3, 0.4) is 0 Å². The first kappa shape index (κ1) is 14.3. The van der Waals surface area contributed by atoms with E-state index >= 15 is 0 Å². The lowest BCUT2D eigenvalue weighted by atomic mass is 9.98. The number of hydrogen-bond donors (Lipinski definition) is 1. The molecule has 5 heteroatoms. The SMILES string of the molecule is Cc1cc(F)ccc1NC(=O)[C@@H]1Cc2ccccc2C(=O)O1. The molecule has 1 amide bonds. The molecule has 1 heterocycles. The minimum atomic E-state index is -0.883. The van der Waals surface area contributed by atoms with Crippen molar-refractivity contribution >= 4 is 17.6 Å². The van der Waals surface area contributed by atoms with Gasteiger partial charge in [-0.3, -0.25) is 4.79 Å². The van der Waals surface area contributed by atoms with Crippen LogP contribution >= 0.6 is 0 Å². The normalized spacial score (nSPS) is 16.6. The summed E-state index contributed by atoms with van der Waals surface area (Å²) in [6.45, 7) is 1.70. The van der Waals surface area contributed by atoms with Crippen molar-refractivity contribution in [1.29, 1.82) is 0 Å². The van der Waals surface area contributed by atoms with Crippen LogP contribution in [-0.2, 0) is 16.0 Å². The molecule has 2 aromatic rings. The molecule has 2 aromatic carbocycles. The predicted molar refractivity (Wildman–Crippen MR) is 79.1 cm³/mol. The Bertz CT molecular complexity index is 757. The van der Waals surface area contributed by atoms with Crippen LogP contribution in [0.1, 0.15) is 21.5 Å². The third kappa shape index (κ3) is 2.70. The van der Waals surface area contributed by atoms with Gasteiger partial charge in [0.25, 0.3) is 5.91 Å². The van der Waals surface area contributed by atoms with Gasteiger partial charge in [0.05, 0.1) is 5.56 Å². The Labute approximate surface area is 126 Å². The van der Waals surface area contributed by atoms with Crippen molar-refractivity contribution in [3.8, 4) is 0 Å². The highest BCUT2D eigenvalue weighted by Gasteiger charge is 2.31. The van der Waals surface area contributed by atoms with Crippen LogP contribution in [0.5, 0.6) is 0 Å². The maximum Gasteiger partial charge on any atom is 0.339 e. The van der Waals surface area contributed by atoms with Gasteiger partial charge < -0.3 is 10.1 Å². The fourth-order valence-electron chi connectivity index (χ4n) is 2.46. The zero-order valence-electron chi connectivity index (χ0n) is 11.9. The maximum atomic E-state index is 13.1. The van der Waals surface area contributed by atoms with E-state index < -0.39 is 18.0 Å². The van der Waals surface area contributed by atoms with Gasteiger partial charge in [-0.2, -0.15) is 0 Å². The molecular weight excluding hydrogens is 285 g/mol. The Morgan fingerprint density at radius 3 is 2.82 bits per heavy atom. The number of nitrogens with one attached hydrogen (secondary N) is 1. The molecular formula is C17H14FNO3. The van der Waals surface area contributed by atoms with E-state index in [0.717, 1.165) is 5.56 Å². The second-order valence-corrected chi connectivity index (χ2v) is 5.20. The Morgan fingerprint density at radius 1 is 1.27 bits per heavy atom. The number of esters is 1. The summed E-state index contributed by atoms with van der Waals surface area (Å²) in [7, 11) is 0. The average Bonchev–Trinajstić information content (AvgIpc) is 2.50. The standard InChI is InChI=1S/C17H14FNO3/c1-10-8-12(18)6-7-14(10)19-16(20)15-9-11-4-2-3-5-13(11)17(21)22-15/h2-8,15H,9H2,1H3,(H,19,20)/t15-/m0/s1. The van der Waals surface area contributed by atoms with Crippen LogP contribution in [0.25, 0.3) is 0 Å². The van der Waals surface area contributed by atoms with E-state index in [0.29, 0.717) is 23.2 Å². The number of halogens is 1. The molecule has 0 spiro atoms. The molecule has 0 bridgehead atoms. The molecule has 0 saturated carbocycles. The largest absolute Gasteiger partial charge is 0.448 e. The van der Waals surface area contributed by atoms with Crippen molar-refractivity contribution in [2.45, 2.75) is 19.4 Å². The Morgan fingerprint density at radius 2 is 2.05 bits per heavy atom. The lowest BCUT2D eigenvalue weighted by molar-refractivity contribution is -0.125. The van der Waals surface area contributed by atoms with Gasteiger partial charge in [0.15, 0.2) is 6.10 Å². The number of amides is 1. The topological polar surface area (TPSA) is 55.4 Å². The molecule has 0 aromatic heterocycles. The van der Waals surface area contributed by atoms with Crippen molar-refractivity contribution in [3.63, 3.8) is 0 Å². The van der Waals surface area contributed by atoms with E-state index in [1.807, 2.05) is 6.07 Å². The molecule has 0 radical (unpaired) electrons. The first-order chi connectivity index (χ1) is 10.5. The number of hydrogen-bond acceptors (Lipinski definition) is 3. The number of rotatable bonds is 2. The number of fused-ring (bicyclic) bond motifs is 1. The van der Waals surface area contributed by atoms with Gasteiger partial charge in [-0.25, -0.2) is 9.18 Å². The summed E-state index contributed by atoms with van der Waals surface area (Å²) in [6.07, 6.45) is -0.555. The monoisotopic (exact) mass is 299 g/mol. The lowest BCUT2D eigenvalue weighted by Gasteiger charge is -2.24. The van der Waals surface area contributed by atoms with Gasteiger partial charge in [0.1, 0.15) is 5.82 Å². The van der Waals surface area contributed by atoms with Gasteiger partial charge in [-0.15, -0.1) is 0 Å². The summed E-state index contributed by atoms with van der Waals surface area (Å²) in [6, 6.07) is 11.1. The van der Waals surface area contributed by atoms with E-state index in [2.05, 4.69) is 5.32 Å². The fourth-order valence-corrected chi connectivity index (χ4v) is 2.46. The minimum absolute atomic E-state index is 0.327. The third-order valence-electron chi connectivity index (χ3n) is 3.63. The van der Waals surface area contributed by atoms with Crippen LogP contribution < -0.4 is 5.32 Å². The van der Waals surface area contributed by atoms with Crippen LogP contribution in [0.15, 0.2) is 42.5 Å². The van der Waals surface area contributed by atoms with Gasteiger partial charge in [-0.1, -0.05) is 18.2 Å². The zero-order chi connectivity index (χ0) is 15.7. The third-order valence-corrected chi connectivity index (χ3v) is 3.63. The molecule has 0 fully saturated rings. The predicted octanol–water partition coefficient (Wildman–Crippen LogP) is 2.85. The quantitative estimate of drug-likeness (QED) is 0.868. The number of carbonyl (C=O) groups is 2. The van der Waals surface area contributed by atoms with Crippen LogP contribution in [-0.4, -0.2) is 18.0 Å². The van der Waals surface area contributed by atoms with Gasteiger partial charge >= 0.3 is 5.97 Å². The van der Waals surface area contributed by atoms with Gasteiger partial charge in [0.2, 0.25) is 0 Å². The van der Waals surface area contributed by atoms with E-state index in [4.69, 9.17) is 4.74 Å². The average molecular weight is 299 g/mol. The molecule has 0 aliphatic carbocycles. The number of anilines is 1. The fraction of sp³-hybridized carbons (Fsp3) is 0.176. The molecule has 1 N–H and O–H groups in total. The van der Waals surface area contributed by atoms with Crippen LogP contribution in [0.2, 0.25) is 0 Å². The minimum Gasteiger partial charge on any atom is -0.448 e. The molecule has 3 rings (SSSR count).